The van der Waals surface area contributed by atoms with Gasteiger partial charge in [-0.05, 0) is 62.0 Å². The predicted molar refractivity (Wildman–Crippen MR) is 121 cm³/mol. The second kappa shape index (κ2) is 11.3. The van der Waals surface area contributed by atoms with Gasteiger partial charge in [-0.2, -0.15) is 0 Å². The Bertz CT molecular complexity index is 733. The van der Waals surface area contributed by atoms with Crippen LogP contribution < -0.4 is 4.74 Å². The fraction of sp³-hybridized carbons (Fsp3) is 0.615. The molecule has 0 atom stereocenters. The van der Waals surface area contributed by atoms with Crippen molar-refractivity contribution >= 4 is 0 Å². The van der Waals surface area contributed by atoms with Gasteiger partial charge >= 0.3 is 0 Å². The lowest BCUT2D eigenvalue weighted by Crippen LogP contribution is -2.13. The summed E-state index contributed by atoms with van der Waals surface area (Å²) in [5.41, 5.74) is 3.90. The van der Waals surface area contributed by atoms with E-state index in [9.17, 15) is 0 Å². The normalized spacial score (nSPS) is 19.3. The highest BCUT2D eigenvalue weighted by molar-refractivity contribution is 5.60. The molecule has 3 nitrogen and oxygen atoms in total. The number of aromatic nitrogens is 2. The van der Waals surface area contributed by atoms with E-state index in [1.165, 1.54) is 62.5 Å². The lowest BCUT2D eigenvalue weighted by molar-refractivity contribution is 0.303. The van der Waals surface area contributed by atoms with Crippen molar-refractivity contribution in [2.45, 2.75) is 90.9 Å². The zero-order valence-electron chi connectivity index (χ0n) is 18.6. The molecule has 1 fully saturated rings. The summed E-state index contributed by atoms with van der Waals surface area (Å²) in [7, 11) is 0. The summed E-state index contributed by atoms with van der Waals surface area (Å²) in [6.45, 7) is 7.37. The molecule has 2 aromatic rings. The Hall–Kier alpha value is -1.90. The summed E-state index contributed by atoms with van der Waals surface area (Å²) in [6, 6.07) is 6.89. The van der Waals surface area contributed by atoms with Crippen LogP contribution in [-0.4, -0.2) is 16.6 Å². The summed E-state index contributed by atoms with van der Waals surface area (Å²) < 4.78 is 5.68. The van der Waals surface area contributed by atoms with Gasteiger partial charge in [0.2, 0.25) is 0 Å². The van der Waals surface area contributed by atoms with Gasteiger partial charge in [-0.15, -0.1) is 0 Å². The highest BCUT2D eigenvalue weighted by atomic mass is 16.5. The lowest BCUT2D eigenvalue weighted by Gasteiger charge is -2.29. The number of rotatable bonds is 10. The summed E-state index contributed by atoms with van der Waals surface area (Å²) in [5.74, 6) is 3.23. The van der Waals surface area contributed by atoms with Gasteiger partial charge in [-0.25, -0.2) is 9.97 Å². The largest absolute Gasteiger partial charge is 0.490 e. The van der Waals surface area contributed by atoms with E-state index in [2.05, 4.69) is 48.9 Å². The zero-order chi connectivity index (χ0) is 20.5. The number of ether oxygens (including phenoxy) is 1. The fourth-order valence-electron chi connectivity index (χ4n) is 4.52. The molecule has 0 spiro atoms. The zero-order valence-corrected chi connectivity index (χ0v) is 18.6. The van der Waals surface area contributed by atoms with Crippen molar-refractivity contribution in [1.82, 2.24) is 9.97 Å². The smallest absolute Gasteiger partial charge is 0.159 e. The predicted octanol–water partition coefficient (Wildman–Crippen LogP) is 7.49. The topological polar surface area (TPSA) is 35.0 Å². The van der Waals surface area contributed by atoms with E-state index in [0.29, 0.717) is 0 Å². The van der Waals surface area contributed by atoms with Crippen LogP contribution >= 0.6 is 0 Å². The van der Waals surface area contributed by atoms with E-state index in [4.69, 9.17) is 4.74 Å². The number of unbranched alkanes of at least 4 members (excludes halogenated alkanes) is 3. The van der Waals surface area contributed by atoms with Crippen LogP contribution in [0.15, 0.2) is 30.6 Å². The van der Waals surface area contributed by atoms with Crippen LogP contribution in [0.3, 0.4) is 0 Å². The van der Waals surface area contributed by atoms with Crippen LogP contribution in [0.2, 0.25) is 0 Å². The van der Waals surface area contributed by atoms with Crippen LogP contribution in [0.5, 0.6) is 5.75 Å². The average Bonchev–Trinajstić information content (AvgIpc) is 2.75. The molecule has 0 saturated heterocycles. The molecule has 1 saturated carbocycles. The number of hydrogen-bond donors (Lipinski definition) is 0. The maximum absolute atomic E-state index is 5.68. The highest BCUT2D eigenvalue weighted by Crippen LogP contribution is 2.38. The Labute approximate surface area is 177 Å². The number of aryl methyl sites for hydroxylation is 1. The Morgan fingerprint density at radius 1 is 0.931 bits per heavy atom. The molecular formula is C26H38N2O. The molecule has 1 aromatic heterocycles. The van der Waals surface area contributed by atoms with E-state index in [1.807, 2.05) is 0 Å². The van der Waals surface area contributed by atoms with Gasteiger partial charge in [0, 0.05) is 5.56 Å². The molecule has 0 amide bonds. The summed E-state index contributed by atoms with van der Waals surface area (Å²) in [6.07, 6.45) is 16.9. The van der Waals surface area contributed by atoms with Crippen molar-refractivity contribution < 1.29 is 4.74 Å². The molecule has 29 heavy (non-hydrogen) atoms. The summed E-state index contributed by atoms with van der Waals surface area (Å²) in [5, 5.41) is 0. The summed E-state index contributed by atoms with van der Waals surface area (Å²) in [4.78, 5) is 9.08. The van der Waals surface area contributed by atoms with E-state index in [-0.39, 0.29) is 0 Å². The van der Waals surface area contributed by atoms with Crippen molar-refractivity contribution in [2.24, 2.45) is 5.92 Å². The molecule has 158 valence electrons. The first-order chi connectivity index (χ1) is 14.2. The molecule has 0 N–H and O–H groups in total. The second-order valence-electron chi connectivity index (χ2n) is 8.73. The van der Waals surface area contributed by atoms with Crippen LogP contribution in [0.1, 0.15) is 95.1 Å². The van der Waals surface area contributed by atoms with E-state index < -0.39 is 0 Å². The molecule has 1 aromatic carbocycles. The van der Waals surface area contributed by atoms with Crippen molar-refractivity contribution in [3.8, 4) is 17.1 Å². The Balaban J connectivity index is 1.58. The molecule has 0 radical (unpaired) electrons. The molecule has 1 aliphatic carbocycles. The fourth-order valence-corrected chi connectivity index (χ4v) is 4.52. The molecule has 0 aliphatic heterocycles. The number of hydrogen-bond acceptors (Lipinski definition) is 3. The van der Waals surface area contributed by atoms with Gasteiger partial charge < -0.3 is 4.74 Å². The third-order valence-electron chi connectivity index (χ3n) is 6.42. The van der Waals surface area contributed by atoms with Crippen molar-refractivity contribution in [1.29, 1.82) is 0 Å². The highest BCUT2D eigenvalue weighted by Gasteiger charge is 2.22. The minimum Gasteiger partial charge on any atom is -0.490 e. The minimum absolute atomic E-state index is 0.723. The molecule has 0 unspecified atom stereocenters. The van der Waals surface area contributed by atoms with E-state index in [1.54, 1.807) is 12.4 Å². The van der Waals surface area contributed by atoms with Crippen molar-refractivity contribution in [3.05, 3.63) is 41.7 Å². The van der Waals surface area contributed by atoms with Gasteiger partial charge in [-0.1, -0.05) is 64.2 Å². The van der Waals surface area contributed by atoms with Crippen molar-refractivity contribution in [2.75, 3.05) is 6.61 Å². The number of benzene rings is 1. The Kier molecular flexibility index (Phi) is 8.52. The Morgan fingerprint density at radius 3 is 2.31 bits per heavy atom. The average molecular weight is 395 g/mol. The van der Waals surface area contributed by atoms with Crippen molar-refractivity contribution in [3.63, 3.8) is 0 Å². The van der Waals surface area contributed by atoms with E-state index >= 15 is 0 Å². The molecule has 1 heterocycles. The molecular weight excluding hydrogens is 356 g/mol. The quantitative estimate of drug-likeness (QED) is 0.392. The van der Waals surface area contributed by atoms with Crippen LogP contribution in [0.25, 0.3) is 11.4 Å². The van der Waals surface area contributed by atoms with Crippen LogP contribution in [-0.2, 0) is 0 Å². The maximum atomic E-state index is 5.68. The van der Waals surface area contributed by atoms with Gasteiger partial charge in [-0.3, -0.25) is 0 Å². The molecule has 1 aliphatic rings. The van der Waals surface area contributed by atoms with E-state index in [0.717, 1.165) is 48.4 Å². The monoisotopic (exact) mass is 394 g/mol. The summed E-state index contributed by atoms with van der Waals surface area (Å²) >= 11 is 0. The molecule has 3 heteroatoms. The third-order valence-corrected chi connectivity index (χ3v) is 6.42. The van der Waals surface area contributed by atoms with Crippen LogP contribution in [0.4, 0.5) is 0 Å². The van der Waals surface area contributed by atoms with Crippen LogP contribution in [0, 0.1) is 12.8 Å². The lowest BCUT2D eigenvalue weighted by atomic mass is 9.76. The first-order valence-corrected chi connectivity index (χ1v) is 11.8. The van der Waals surface area contributed by atoms with Gasteiger partial charge in [0.05, 0.1) is 19.0 Å². The first-order valence-electron chi connectivity index (χ1n) is 11.8. The SMILES string of the molecule is CCCCC[C@H]1CC[C@H](c2ccc(-c3ncc(OCCCC)cn3)c(C)c2)CC1. The van der Waals surface area contributed by atoms with Gasteiger partial charge in [0.25, 0.3) is 0 Å². The Morgan fingerprint density at radius 2 is 1.66 bits per heavy atom. The third kappa shape index (κ3) is 6.29. The van der Waals surface area contributed by atoms with Gasteiger partial charge in [0.15, 0.2) is 11.6 Å². The first kappa shape index (κ1) is 21.8. The van der Waals surface area contributed by atoms with Gasteiger partial charge in [0.1, 0.15) is 0 Å². The maximum Gasteiger partial charge on any atom is 0.159 e. The number of nitrogens with zero attached hydrogens (tertiary/aromatic N) is 2. The second-order valence-corrected chi connectivity index (χ2v) is 8.73. The molecule has 0 bridgehead atoms. The molecule has 3 rings (SSSR count). The minimum atomic E-state index is 0.723. The standard InChI is InChI=1S/C26H38N2O/c1-4-6-8-9-21-10-12-22(13-11-21)23-14-15-25(20(3)17-23)26-27-18-24(19-28-26)29-16-7-5-2/h14-15,17-19,21-22H,4-13,16H2,1-3H3/t21-,22-.